The van der Waals surface area contributed by atoms with Gasteiger partial charge in [-0.2, -0.15) is 13.2 Å². The molecule has 0 aliphatic carbocycles. The second kappa shape index (κ2) is 4.31. The number of hydrogen-bond acceptors (Lipinski definition) is 1. The maximum absolute atomic E-state index is 12.9. The van der Waals surface area contributed by atoms with Crippen LogP contribution >= 0.6 is 0 Å². The molecule has 0 saturated carbocycles. The number of alkyl halides is 3. The monoisotopic (exact) mass is 257 g/mol. The van der Waals surface area contributed by atoms with Gasteiger partial charge in [0.25, 0.3) is 0 Å². The highest BCUT2D eigenvalue weighted by Crippen LogP contribution is 2.36. The number of fused-ring (bicyclic) bond motifs is 1. The van der Waals surface area contributed by atoms with E-state index in [1.165, 1.54) is 0 Å². The average molecular weight is 257 g/mol. The van der Waals surface area contributed by atoms with Crippen LogP contribution in [0.2, 0.25) is 0 Å². The quantitative estimate of drug-likeness (QED) is 0.850. The van der Waals surface area contributed by atoms with Crippen LogP contribution in [0.3, 0.4) is 0 Å². The lowest BCUT2D eigenvalue weighted by molar-refractivity contribution is -0.141. The van der Waals surface area contributed by atoms with Crippen LogP contribution in [0.25, 0.3) is 10.9 Å². The molecule has 5 heteroatoms. The van der Waals surface area contributed by atoms with Gasteiger partial charge in [0.1, 0.15) is 5.69 Å². The minimum absolute atomic E-state index is 0.00225. The summed E-state index contributed by atoms with van der Waals surface area (Å²) in [6.07, 6.45) is -4.43. The Morgan fingerprint density at radius 3 is 2.44 bits per heavy atom. The second-order valence-electron chi connectivity index (χ2n) is 4.45. The number of halogens is 3. The predicted octanol–water partition coefficient (Wildman–Crippen LogP) is 3.34. The number of aryl methyl sites for hydroxylation is 2. The summed E-state index contributed by atoms with van der Waals surface area (Å²) in [6.45, 7) is 3.31. The van der Waals surface area contributed by atoms with Gasteiger partial charge in [-0.3, -0.25) is 0 Å². The summed E-state index contributed by atoms with van der Waals surface area (Å²) in [5, 5.41) is 9.49. The third-order valence-electron chi connectivity index (χ3n) is 3.00. The fourth-order valence-corrected chi connectivity index (χ4v) is 2.32. The lowest BCUT2D eigenvalue weighted by Crippen LogP contribution is -2.09. The number of aromatic amines is 1. The molecule has 2 rings (SSSR count). The lowest BCUT2D eigenvalue weighted by Gasteiger charge is -2.07. The van der Waals surface area contributed by atoms with E-state index in [1.807, 2.05) is 13.0 Å². The zero-order chi connectivity index (χ0) is 13.5. The lowest BCUT2D eigenvalue weighted by atomic mass is 10.0. The molecule has 0 spiro atoms. The zero-order valence-electron chi connectivity index (χ0n) is 10.2. The topological polar surface area (TPSA) is 36.0 Å². The standard InChI is InChI=1S/C13H14F3NO/c1-7-5-8(2)11-10(6-7)9(3-4-18)12(17-11)13(14,15)16/h5-6,17-18H,3-4H2,1-2H3. The first-order chi connectivity index (χ1) is 8.34. The molecule has 2 N–H and O–H groups in total. The van der Waals surface area contributed by atoms with E-state index in [0.29, 0.717) is 10.9 Å². The number of benzene rings is 1. The third kappa shape index (κ3) is 2.10. The van der Waals surface area contributed by atoms with E-state index in [4.69, 9.17) is 5.11 Å². The molecular weight excluding hydrogens is 243 g/mol. The van der Waals surface area contributed by atoms with Gasteiger partial charge in [0.15, 0.2) is 0 Å². The first-order valence-electron chi connectivity index (χ1n) is 5.64. The van der Waals surface area contributed by atoms with Crippen LogP contribution in [0, 0.1) is 13.8 Å². The van der Waals surface area contributed by atoms with Gasteiger partial charge in [0, 0.05) is 17.5 Å². The van der Waals surface area contributed by atoms with Crippen LogP contribution in [0.5, 0.6) is 0 Å². The van der Waals surface area contributed by atoms with E-state index in [2.05, 4.69) is 4.98 Å². The van der Waals surface area contributed by atoms with Crippen molar-refractivity contribution in [3.05, 3.63) is 34.5 Å². The van der Waals surface area contributed by atoms with Gasteiger partial charge in [0.05, 0.1) is 0 Å². The molecule has 0 radical (unpaired) electrons. The van der Waals surface area contributed by atoms with Crippen molar-refractivity contribution >= 4 is 10.9 Å². The van der Waals surface area contributed by atoms with Crippen molar-refractivity contribution in [3.8, 4) is 0 Å². The summed E-state index contributed by atoms with van der Waals surface area (Å²) in [5.41, 5.74) is 1.58. The number of nitrogens with one attached hydrogen (secondary N) is 1. The molecule has 0 saturated heterocycles. The molecule has 1 aromatic heterocycles. The molecule has 2 aromatic rings. The molecule has 18 heavy (non-hydrogen) atoms. The number of aliphatic hydroxyl groups excluding tert-OH is 1. The van der Waals surface area contributed by atoms with Crippen LogP contribution < -0.4 is 0 Å². The summed E-state index contributed by atoms with van der Waals surface area (Å²) in [5.74, 6) is 0. The van der Waals surface area contributed by atoms with Gasteiger partial charge in [0.2, 0.25) is 0 Å². The molecule has 0 fully saturated rings. The Hall–Kier alpha value is -1.49. The minimum Gasteiger partial charge on any atom is -0.396 e. The second-order valence-corrected chi connectivity index (χ2v) is 4.45. The van der Waals surface area contributed by atoms with Crippen LogP contribution in [-0.2, 0) is 12.6 Å². The van der Waals surface area contributed by atoms with E-state index < -0.39 is 11.9 Å². The molecule has 2 nitrogen and oxygen atoms in total. The summed E-state index contributed by atoms with van der Waals surface area (Å²) in [6, 6.07) is 3.56. The van der Waals surface area contributed by atoms with E-state index >= 15 is 0 Å². The molecule has 0 unspecified atom stereocenters. The van der Waals surface area contributed by atoms with Crippen LogP contribution in [-0.4, -0.2) is 16.7 Å². The van der Waals surface area contributed by atoms with E-state index in [0.717, 1.165) is 11.1 Å². The van der Waals surface area contributed by atoms with Crippen molar-refractivity contribution in [2.24, 2.45) is 0 Å². The minimum atomic E-state index is -4.43. The largest absolute Gasteiger partial charge is 0.431 e. The van der Waals surface area contributed by atoms with Crippen LogP contribution in [0.15, 0.2) is 12.1 Å². The van der Waals surface area contributed by atoms with Gasteiger partial charge in [-0.25, -0.2) is 0 Å². The molecular formula is C13H14F3NO. The number of hydrogen-bond donors (Lipinski definition) is 2. The Morgan fingerprint density at radius 1 is 1.22 bits per heavy atom. The molecule has 1 aromatic carbocycles. The smallest absolute Gasteiger partial charge is 0.396 e. The highest BCUT2D eigenvalue weighted by atomic mass is 19.4. The summed E-state index contributed by atoms with van der Waals surface area (Å²) in [7, 11) is 0. The van der Waals surface area contributed by atoms with E-state index in [9.17, 15) is 13.2 Å². The Morgan fingerprint density at radius 2 is 1.89 bits per heavy atom. The van der Waals surface area contributed by atoms with Gasteiger partial charge in [-0.05, 0) is 37.5 Å². The van der Waals surface area contributed by atoms with Crippen molar-refractivity contribution in [1.82, 2.24) is 4.98 Å². The van der Waals surface area contributed by atoms with Gasteiger partial charge in [-0.15, -0.1) is 0 Å². The van der Waals surface area contributed by atoms with E-state index in [1.54, 1.807) is 13.0 Å². The van der Waals surface area contributed by atoms with Crippen molar-refractivity contribution in [3.63, 3.8) is 0 Å². The number of H-pyrrole nitrogens is 1. The maximum atomic E-state index is 12.9. The fraction of sp³-hybridized carbons (Fsp3) is 0.385. The van der Waals surface area contributed by atoms with Gasteiger partial charge >= 0.3 is 6.18 Å². The Bertz CT molecular complexity index is 584. The van der Waals surface area contributed by atoms with Gasteiger partial charge in [-0.1, -0.05) is 11.6 Å². The van der Waals surface area contributed by atoms with Crippen LogP contribution in [0.1, 0.15) is 22.4 Å². The van der Waals surface area contributed by atoms with Crippen molar-refractivity contribution in [1.29, 1.82) is 0 Å². The predicted molar refractivity (Wildman–Crippen MR) is 63.6 cm³/mol. The molecule has 0 aliphatic rings. The maximum Gasteiger partial charge on any atom is 0.431 e. The highest BCUT2D eigenvalue weighted by molar-refractivity contribution is 5.88. The Labute approximate surface area is 102 Å². The molecule has 0 aliphatic heterocycles. The van der Waals surface area contributed by atoms with Crippen molar-refractivity contribution < 1.29 is 18.3 Å². The Kier molecular flexibility index (Phi) is 3.11. The summed E-state index contributed by atoms with van der Waals surface area (Å²) < 4.78 is 38.8. The molecule has 0 amide bonds. The Balaban J connectivity index is 2.79. The number of rotatable bonds is 2. The van der Waals surface area contributed by atoms with Crippen LogP contribution in [0.4, 0.5) is 13.2 Å². The van der Waals surface area contributed by atoms with Crippen molar-refractivity contribution in [2.75, 3.05) is 6.61 Å². The number of aliphatic hydroxyl groups is 1. The number of aromatic nitrogens is 1. The molecule has 1 heterocycles. The van der Waals surface area contributed by atoms with Gasteiger partial charge < -0.3 is 10.1 Å². The van der Waals surface area contributed by atoms with Crippen molar-refractivity contribution in [2.45, 2.75) is 26.4 Å². The fourth-order valence-electron chi connectivity index (χ4n) is 2.32. The highest BCUT2D eigenvalue weighted by Gasteiger charge is 2.36. The average Bonchev–Trinajstić information content (AvgIpc) is 2.58. The third-order valence-corrected chi connectivity index (χ3v) is 3.00. The molecule has 0 bridgehead atoms. The normalized spacial score (nSPS) is 12.3. The zero-order valence-corrected chi connectivity index (χ0v) is 10.2. The first kappa shape index (κ1) is 13.0. The molecule has 0 atom stereocenters. The first-order valence-corrected chi connectivity index (χ1v) is 5.64. The SMILES string of the molecule is Cc1cc(C)c2[nH]c(C(F)(F)F)c(CCO)c2c1. The van der Waals surface area contributed by atoms with E-state index in [-0.39, 0.29) is 18.6 Å². The summed E-state index contributed by atoms with van der Waals surface area (Å²) in [4.78, 5) is 2.45. The summed E-state index contributed by atoms with van der Waals surface area (Å²) >= 11 is 0. The molecule has 98 valence electrons.